The lowest BCUT2D eigenvalue weighted by Gasteiger charge is -2.20. The minimum Gasteiger partial charge on any atom is -0.506 e. The number of fused-ring (bicyclic) bond motifs is 1. The molecule has 1 amide bonds. The predicted molar refractivity (Wildman–Crippen MR) is 105 cm³/mol. The van der Waals surface area contributed by atoms with E-state index in [4.69, 9.17) is 4.42 Å². The summed E-state index contributed by atoms with van der Waals surface area (Å²) in [5.41, 5.74) is -0.128. The molecule has 0 unspecified atom stereocenters. The maximum Gasteiger partial charge on any atom is 0.353 e. The molecule has 7 heteroatoms. The summed E-state index contributed by atoms with van der Waals surface area (Å²) < 4.78 is 5.24. The van der Waals surface area contributed by atoms with E-state index in [1.54, 1.807) is 25.1 Å². The zero-order valence-corrected chi connectivity index (χ0v) is 16.3. The van der Waals surface area contributed by atoms with Crippen molar-refractivity contribution in [2.75, 3.05) is 26.2 Å². The van der Waals surface area contributed by atoms with Crippen LogP contribution >= 0.6 is 12.4 Å². The van der Waals surface area contributed by atoms with E-state index in [1.165, 1.54) is 0 Å². The Balaban J connectivity index is 0.00000338. The third-order valence-electron chi connectivity index (χ3n) is 4.12. The lowest BCUT2D eigenvalue weighted by atomic mass is 10.1. The van der Waals surface area contributed by atoms with Crippen LogP contribution in [-0.4, -0.2) is 42.1 Å². The number of hydrogen-bond donors (Lipinski definition) is 2. The maximum atomic E-state index is 12.4. The van der Waals surface area contributed by atoms with Crippen molar-refractivity contribution < 1.29 is 14.3 Å². The molecular formula is C19H27ClN2O4. The van der Waals surface area contributed by atoms with Crippen LogP contribution in [0.3, 0.4) is 0 Å². The van der Waals surface area contributed by atoms with Crippen molar-refractivity contribution in [3.05, 3.63) is 39.7 Å². The van der Waals surface area contributed by atoms with E-state index in [-0.39, 0.29) is 23.7 Å². The van der Waals surface area contributed by atoms with Gasteiger partial charge in [0.05, 0.1) is 5.39 Å². The van der Waals surface area contributed by atoms with Gasteiger partial charge in [-0.15, -0.1) is 12.4 Å². The molecule has 2 N–H and O–H groups in total. The molecule has 0 fully saturated rings. The quantitative estimate of drug-likeness (QED) is 0.685. The Labute approximate surface area is 159 Å². The number of carbonyl (C=O) groups excluding carboxylic acids is 1. The molecule has 0 spiro atoms. The topological polar surface area (TPSA) is 82.8 Å². The normalized spacial score (nSPS) is 10.8. The van der Waals surface area contributed by atoms with Gasteiger partial charge in [-0.05, 0) is 44.5 Å². The fraction of sp³-hybridized carbons (Fsp3) is 0.474. The summed E-state index contributed by atoms with van der Waals surface area (Å²) in [6, 6.07) is 5.15. The standard InChI is InChI=1S/C19H26N2O4.ClH/c1-4-10-21(11-5-2)12-9-20-18(23)15-16(22)14-8-6-7-13(3)17(14)25-19(15)24;/h6-8,22H,4-5,9-12H2,1-3H3,(H,20,23);1H. The van der Waals surface area contributed by atoms with Crippen LogP contribution in [0.15, 0.2) is 27.4 Å². The van der Waals surface area contributed by atoms with Gasteiger partial charge >= 0.3 is 5.63 Å². The van der Waals surface area contributed by atoms with Gasteiger partial charge in [-0.1, -0.05) is 26.0 Å². The molecule has 1 heterocycles. The molecule has 2 aromatic rings. The van der Waals surface area contributed by atoms with Crippen LogP contribution in [-0.2, 0) is 0 Å². The highest BCUT2D eigenvalue weighted by atomic mass is 35.5. The first-order valence-electron chi connectivity index (χ1n) is 8.75. The summed E-state index contributed by atoms with van der Waals surface area (Å²) in [6.07, 6.45) is 2.09. The number of rotatable bonds is 8. The lowest BCUT2D eigenvalue weighted by molar-refractivity contribution is 0.0942. The fourth-order valence-corrected chi connectivity index (χ4v) is 2.93. The lowest BCUT2D eigenvalue weighted by Crippen LogP contribution is -2.37. The molecule has 2 rings (SSSR count). The molecule has 0 saturated carbocycles. The largest absolute Gasteiger partial charge is 0.506 e. The van der Waals surface area contributed by atoms with Gasteiger partial charge < -0.3 is 19.7 Å². The highest BCUT2D eigenvalue weighted by molar-refractivity contribution is 6.01. The molecule has 0 atom stereocenters. The summed E-state index contributed by atoms with van der Waals surface area (Å²) in [4.78, 5) is 26.8. The number of nitrogens with zero attached hydrogens (tertiary/aromatic N) is 1. The Kier molecular flexibility index (Phi) is 8.61. The van der Waals surface area contributed by atoms with Crippen LogP contribution in [0.4, 0.5) is 0 Å². The number of hydrogen-bond acceptors (Lipinski definition) is 5. The summed E-state index contributed by atoms with van der Waals surface area (Å²) in [7, 11) is 0. The second kappa shape index (κ2) is 10.2. The average molecular weight is 383 g/mol. The fourth-order valence-electron chi connectivity index (χ4n) is 2.93. The Morgan fingerprint density at radius 3 is 2.46 bits per heavy atom. The molecule has 0 bridgehead atoms. The Bertz CT molecular complexity index is 798. The second-order valence-electron chi connectivity index (χ2n) is 6.16. The number of halogens is 1. The van der Waals surface area contributed by atoms with Crippen LogP contribution in [0, 0.1) is 6.92 Å². The van der Waals surface area contributed by atoms with E-state index in [0.717, 1.165) is 31.5 Å². The molecule has 26 heavy (non-hydrogen) atoms. The summed E-state index contributed by atoms with van der Waals surface area (Å²) in [6.45, 7) is 9.04. The van der Waals surface area contributed by atoms with Crippen LogP contribution < -0.4 is 10.9 Å². The van der Waals surface area contributed by atoms with Crippen LogP contribution in [0.2, 0.25) is 0 Å². The third-order valence-corrected chi connectivity index (χ3v) is 4.12. The molecular weight excluding hydrogens is 356 g/mol. The van der Waals surface area contributed by atoms with Crippen molar-refractivity contribution in [3.63, 3.8) is 0 Å². The Morgan fingerprint density at radius 1 is 1.19 bits per heavy atom. The van der Waals surface area contributed by atoms with Gasteiger partial charge in [0.2, 0.25) is 0 Å². The van der Waals surface area contributed by atoms with Crippen molar-refractivity contribution in [1.82, 2.24) is 10.2 Å². The number of amides is 1. The number of aromatic hydroxyl groups is 1. The van der Waals surface area contributed by atoms with Gasteiger partial charge in [0.25, 0.3) is 5.91 Å². The first-order valence-corrected chi connectivity index (χ1v) is 8.75. The summed E-state index contributed by atoms with van der Waals surface area (Å²) in [5.74, 6) is -0.936. The number of benzene rings is 1. The van der Waals surface area contributed by atoms with E-state index in [1.807, 2.05) is 0 Å². The van der Waals surface area contributed by atoms with E-state index in [0.29, 0.717) is 24.1 Å². The minimum absolute atomic E-state index is 0. The summed E-state index contributed by atoms with van der Waals surface area (Å²) >= 11 is 0. The maximum absolute atomic E-state index is 12.4. The number of carbonyl (C=O) groups is 1. The Morgan fingerprint density at radius 2 is 1.85 bits per heavy atom. The van der Waals surface area contributed by atoms with Gasteiger partial charge in [-0.2, -0.15) is 0 Å². The number of aryl methyl sites for hydroxylation is 1. The molecule has 0 aliphatic rings. The van der Waals surface area contributed by atoms with Crippen molar-refractivity contribution in [2.45, 2.75) is 33.6 Å². The molecule has 1 aromatic carbocycles. The van der Waals surface area contributed by atoms with Crippen molar-refractivity contribution >= 4 is 29.3 Å². The smallest absolute Gasteiger partial charge is 0.353 e. The monoisotopic (exact) mass is 382 g/mol. The van der Waals surface area contributed by atoms with E-state index < -0.39 is 11.5 Å². The minimum atomic E-state index is -0.823. The molecule has 0 saturated heterocycles. The molecule has 0 radical (unpaired) electrons. The van der Waals surface area contributed by atoms with Crippen LogP contribution in [0.1, 0.15) is 42.6 Å². The van der Waals surface area contributed by atoms with Gasteiger partial charge in [-0.3, -0.25) is 4.79 Å². The SMILES string of the molecule is CCCN(CCC)CCNC(=O)c1c(O)c2cccc(C)c2oc1=O.Cl. The zero-order valence-electron chi connectivity index (χ0n) is 15.5. The predicted octanol–water partition coefficient (Wildman–Crippen LogP) is 3.08. The van der Waals surface area contributed by atoms with E-state index in [2.05, 4.69) is 24.1 Å². The van der Waals surface area contributed by atoms with Crippen molar-refractivity contribution in [3.8, 4) is 5.75 Å². The second-order valence-corrected chi connectivity index (χ2v) is 6.16. The summed E-state index contributed by atoms with van der Waals surface area (Å²) in [5, 5.41) is 13.4. The molecule has 6 nitrogen and oxygen atoms in total. The van der Waals surface area contributed by atoms with Crippen LogP contribution in [0.25, 0.3) is 11.0 Å². The van der Waals surface area contributed by atoms with Crippen molar-refractivity contribution in [2.24, 2.45) is 0 Å². The van der Waals surface area contributed by atoms with E-state index in [9.17, 15) is 14.7 Å². The highest BCUT2D eigenvalue weighted by Crippen LogP contribution is 2.27. The van der Waals surface area contributed by atoms with Gasteiger partial charge in [0.1, 0.15) is 11.3 Å². The van der Waals surface area contributed by atoms with Crippen LogP contribution in [0.5, 0.6) is 5.75 Å². The number of para-hydroxylation sites is 1. The molecule has 0 aliphatic carbocycles. The molecule has 144 valence electrons. The van der Waals surface area contributed by atoms with Gasteiger partial charge in [0.15, 0.2) is 5.56 Å². The van der Waals surface area contributed by atoms with Gasteiger partial charge in [-0.25, -0.2) is 4.79 Å². The average Bonchev–Trinajstić information content (AvgIpc) is 2.56. The van der Waals surface area contributed by atoms with E-state index >= 15 is 0 Å². The molecule has 0 aliphatic heterocycles. The first kappa shape index (κ1) is 22.0. The van der Waals surface area contributed by atoms with Gasteiger partial charge in [0, 0.05) is 13.1 Å². The molecule has 1 aromatic heterocycles. The number of nitrogens with one attached hydrogen (secondary N) is 1. The third kappa shape index (κ3) is 4.99. The Hall–Kier alpha value is -2.05. The zero-order chi connectivity index (χ0) is 18.4. The first-order chi connectivity index (χ1) is 12.0. The van der Waals surface area contributed by atoms with Crippen molar-refractivity contribution in [1.29, 1.82) is 0 Å². The highest BCUT2D eigenvalue weighted by Gasteiger charge is 2.21.